The van der Waals surface area contributed by atoms with Crippen molar-refractivity contribution in [2.24, 2.45) is 0 Å². The first-order valence-electron chi connectivity index (χ1n) is 10.4. The van der Waals surface area contributed by atoms with Crippen molar-refractivity contribution in [3.05, 3.63) is 35.9 Å². The van der Waals surface area contributed by atoms with E-state index in [0.717, 1.165) is 45.6 Å². The summed E-state index contributed by atoms with van der Waals surface area (Å²) in [5, 5.41) is 11.1. The molecular weight excluding hydrogens is 354 g/mol. The van der Waals surface area contributed by atoms with Crippen molar-refractivity contribution in [3.8, 4) is 0 Å². The van der Waals surface area contributed by atoms with E-state index in [0.29, 0.717) is 19.6 Å². The Labute approximate surface area is 169 Å². The highest BCUT2D eigenvalue weighted by Gasteiger charge is 2.35. The minimum atomic E-state index is -0.624. The number of piperazine rings is 1. The predicted molar refractivity (Wildman–Crippen MR) is 110 cm³/mol. The van der Waals surface area contributed by atoms with Gasteiger partial charge in [-0.3, -0.25) is 9.80 Å². The molecule has 2 aliphatic rings. The molecule has 1 aromatic carbocycles. The number of hydrogen-bond donors (Lipinski definition) is 1. The zero-order chi connectivity index (χ0) is 20.2. The molecule has 6 nitrogen and oxygen atoms in total. The van der Waals surface area contributed by atoms with E-state index in [-0.39, 0.29) is 6.09 Å². The van der Waals surface area contributed by atoms with Crippen LogP contribution in [0.5, 0.6) is 0 Å². The zero-order valence-electron chi connectivity index (χ0n) is 17.6. The number of likely N-dealkylation sites (tertiary alicyclic amines) is 1. The molecule has 0 spiro atoms. The van der Waals surface area contributed by atoms with Crippen LogP contribution >= 0.6 is 0 Å². The number of β-amino-alcohol motifs (C(OH)–C–C–N with tert-alkyl or cyclic N) is 1. The van der Waals surface area contributed by atoms with E-state index < -0.39 is 11.2 Å². The third kappa shape index (κ3) is 6.19. The van der Waals surface area contributed by atoms with Crippen LogP contribution in [-0.2, 0) is 11.3 Å². The van der Waals surface area contributed by atoms with Crippen LogP contribution in [-0.4, -0.2) is 82.9 Å². The van der Waals surface area contributed by atoms with E-state index in [2.05, 4.69) is 34.1 Å². The maximum Gasteiger partial charge on any atom is 0.410 e. The maximum absolute atomic E-state index is 12.2. The second kappa shape index (κ2) is 8.80. The average Bonchev–Trinajstić information content (AvgIpc) is 2.64. The van der Waals surface area contributed by atoms with Gasteiger partial charge in [-0.05, 0) is 39.2 Å². The highest BCUT2D eigenvalue weighted by molar-refractivity contribution is 5.68. The Morgan fingerprint density at radius 1 is 1.00 bits per heavy atom. The van der Waals surface area contributed by atoms with Crippen LogP contribution in [0, 0.1) is 0 Å². The van der Waals surface area contributed by atoms with Crippen molar-refractivity contribution in [3.63, 3.8) is 0 Å². The van der Waals surface area contributed by atoms with Gasteiger partial charge in [-0.15, -0.1) is 0 Å². The normalized spacial score (nSPS) is 21.5. The van der Waals surface area contributed by atoms with Gasteiger partial charge in [-0.2, -0.15) is 0 Å². The second-order valence-corrected chi connectivity index (χ2v) is 9.23. The number of rotatable bonds is 4. The second-order valence-electron chi connectivity index (χ2n) is 9.23. The average molecular weight is 390 g/mol. The molecule has 3 rings (SSSR count). The molecule has 28 heavy (non-hydrogen) atoms. The smallest absolute Gasteiger partial charge is 0.410 e. The number of aliphatic hydroxyl groups is 1. The van der Waals surface area contributed by atoms with Crippen molar-refractivity contribution >= 4 is 6.09 Å². The first-order valence-corrected chi connectivity index (χ1v) is 10.4. The summed E-state index contributed by atoms with van der Waals surface area (Å²) in [6.07, 6.45) is 1.36. The van der Waals surface area contributed by atoms with Crippen molar-refractivity contribution in [2.45, 2.75) is 51.4 Å². The quantitative estimate of drug-likeness (QED) is 0.858. The fourth-order valence-corrected chi connectivity index (χ4v) is 3.96. The van der Waals surface area contributed by atoms with Crippen molar-refractivity contribution in [2.75, 3.05) is 45.8 Å². The molecule has 0 radical (unpaired) electrons. The summed E-state index contributed by atoms with van der Waals surface area (Å²) in [5.41, 5.74) is 0.240. The van der Waals surface area contributed by atoms with Crippen LogP contribution in [0.2, 0.25) is 0 Å². The molecule has 0 atom stereocenters. The maximum atomic E-state index is 12.2. The van der Waals surface area contributed by atoms with E-state index in [1.807, 2.05) is 26.8 Å². The first-order chi connectivity index (χ1) is 13.2. The van der Waals surface area contributed by atoms with Gasteiger partial charge in [0.1, 0.15) is 5.60 Å². The Hall–Kier alpha value is -1.63. The largest absolute Gasteiger partial charge is 0.444 e. The number of ether oxygens (including phenoxy) is 1. The number of carbonyl (C=O) groups is 1. The summed E-state index contributed by atoms with van der Waals surface area (Å²) >= 11 is 0. The number of piperidine rings is 1. The van der Waals surface area contributed by atoms with E-state index in [1.165, 1.54) is 5.56 Å². The molecule has 2 aliphatic heterocycles. The summed E-state index contributed by atoms with van der Waals surface area (Å²) in [6.45, 7) is 12.0. The SMILES string of the molecule is CC(C)(C)OC(=O)N1CCN(CC2(O)CCN(Cc3ccccc3)CC2)CC1. The predicted octanol–water partition coefficient (Wildman–Crippen LogP) is 2.57. The summed E-state index contributed by atoms with van der Waals surface area (Å²) in [7, 11) is 0. The number of carbonyl (C=O) groups excluding carboxylic acids is 1. The molecule has 0 aliphatic carbocycles. The lowest BCUT2D eigenvalue weighted by molar-refractivity contribution is -0.0546. The van der Waals surface area contributed by atoms with Crippen molar-refractivity contribution < 1.29 is 14.6 Å². The van der Waals surface area contributed by atoms with E-state index in [1.54, 1.807) is 4.90 Å². The Morgan fingerprint density at radius 2 is 1.61 bits per heavy atom. The monoisotopic (exact) mass is 389 g/mol. The van der Waals surface area contributed by atoms with Crippen molar-refractivity contribution in [1.29, 1.82) is 0 Å². The Balaban J connectivity index is 1.41. The molecule has 1 aromatic rings. The molecule has 1 amide bonds. The first kappa shape index (κ1) is 21.1. The van der Waals surface area contributed by atoms with E-state index >= 15 is 0 Å². The molecule has 1 N–H and O–H groups in total. The van der Waals surface area contributed by atoms with Gasteiger partial charge in [0, 0.05) is 52.4 Å². The van der Waals surface area contributed by atoms with Gasteiger partial charge < -0.3 is 14.7 Å². The van der Waals surface area contributed by atoms with Gasteiger partial charge in [0.15, 0.2) is 0 Å². The van der Waals surface area contributed by atoms with Crippen LogP contribution in [0.1, 0.15) is 39.2 Å². The molecule has 2 saturated heterocycles. The lowest BCUT2D eigenvalue weighted by Crippen LogP contribution is -2.56. The third-order valence-corrected chi connectivity index (χ3v) is 5.58. The van der Waals surface area contributed by atoms with E-state index in [9.17, 15) is 9.90 Å². The Kier molecular flexibility index (Phi) is 6.63. The molecular formula is C22H35N3O3. The fourth-order valence-electron chi connectivity index (χ4n) is 3.96. The molecule has 0 bridgehead atoms. The number of nitrogens with zero attached hydrogens (tertiary/aromatic N) is 3. The Morgan fingerprint density at radius 3 is 2.18 bits per heavy atom. The van der Waals surface area contributed by atoms with Crippen molar-refractivity contribution in [1.82, 2.24) is 14.7 Å². The van der Waals surface area contributed by atoms with Gasteiger partial charge in [0.05, 0.1) is 5.60 Å². The number of amides is 1. The number of hydrogen-bond acceptors (Lipinski definition) is 5. The van der Waals surface area contributed by atoms with Gasteiger partial charge in [-0.1, -0.05) is 30.3 Å². The molecule has 0 aromatic heterocycles. The molecule has 156 valence electrons. The lowest BCUT2D eigenvalue weighted by Gasteiger charge is -2.43. The molecule has 0 unspecified atom stereocenters. The lowest BCUT2D eigenvalue weighted by atomic mass is 9.90. The topological polar surface area (TPSA) is 56.3 Å². The minimum absolute atomic E-state index is 0.236. The van der Waals surface area contributed by atoms with Gasteiger partial charge in [0.2, 0.25) is 0 Å². The summed E-state index contributed by atoms with van der Waals surface area (Å²) < 4.78 is 5.46. The van der Waals surface area contributed by atoms with Crippen LogP contribution in [0.25, 0.3) is 0 Å². The van der Waals surface area contributed by atoms with Gasteiger partial charge >= 0.3 is 6.09 Å². The number of benzene rings is 1. The van der Waals surface area contributed by atoms with Crippen LogP contribution in [0.4, 0.5) is 4.79 Å². The van der Waals surface area contributed by atoms with Crippen LogP contribution in [0.15, 0.2) is 30.3 Å². The highest BCUT2D eigenvalue weighted by atomic mass is 16.6. The molecule has 2 heterocycles. The summed E-state index contributed by atoms with van der Waals surface area (Å²) in [4.78, 5) is 18.7. The van der Waals surface area contributed by atoms with Gasteiger partial charge in [-0.25, -0.2) is 4.79 Å². The summed E-state index contributed by atoms with van der Waals surface area (Å²) in [6, 6.07) is 10.5. The summed E-state index contributed by atoms with van der Waals surface area (Å²) in [5.74, 6) is 0. The highest BCUT2D eigenvalue weighted by Crippen LogP contribution is 2.25. The molecule has 2 fully saturated rings. The van der Waals surface area contributed by atoms with Crippen LogP contribution < -0.4 is 0 Å². The van der Waals surface area contributed by atoms with E-state index in [4.69, 9.17) is 4.74 Å². The van der Waals surface area contributed by atoms with Crippen LogP contribution in [0.3, 0.4) is 0 Å². The fraction of sp³-hybridized carbons (Fsp3) is 0.682. The molecule has 0 saturated carbocycles. The standard InChI is InChI=1S/C22H35N3O3/c1-21(2,3)28-20(26)25-15-13-24(14-16-25)18-22(27)9-11-23(12-10-22)17-19-7-5-4-6-8-19/h4-8,27H,9-18H2,1-3H3. The molecule has 6 heteroatoms. The Bertz CT molecular complexity index is 628. The zero-order valence-corrected chi connectivity index (χ0v) is 17.6. The third-order valence-electron chi connectivity index (χ3n) is 5.58. The van der Waals surface area contributed by atoms with Gasteiger partial charge in [0.25, 0.3) is 0 Å². The minimum Gasteiger partial charge on any atom is -0.444 e.